The van der Waals surface area contributed by atoms with E-state index in [-0.39, 0.29) is 28.9 Å². The summed E-state index contributed by atoms with van der Waals surface area (Å²) < 4.78 is 0. The fraction of sp³-hybridized carbons (Fsp3) is 0.217. The summed E-state index contributed by atoms with van der Waals surface area (Å²) in [7, 11) is 0. The number of aliphatic carboxylic acids is 1. The molecule has 4 rings (SSSR count). The van der Waals surface area contributed by atoms with Crippen LogP contribution in [0.2, 0.25) is 0 Å². The highest BCUT2D eigenvalue weighted by atomic mass is 32.2. The number of β-lactam (4-membered cyclic amide) rings is 1. The number of carbonyl (C=O) groups excluding carboxylic acids is 3. The molecule has 32 heavy (non-hydrogen) atoms. The van der Waals surface area contributed by atoms with E-state index >= 15 is 0 Å². The summed E-state index contributed by atoms with van der Waals surface area (Å²) in [5.74, 6) is -1.39. The number of nitrogens with one attached hydrogen (secondary N) is 1. The molecule has 2 N–H and O–H groups in total. The fourth-order valence-electron chi connectivity index (χ4n) is 3.61. The Morgan fingerprint density at radius 1 is 1.06 bits per heavy atom. The second kappa shape index (κ2) is 9.62. The predicted molar refractivity (Wildman–Crippen MR) is 123 cm³/mol. The van der Waals surface area contributed by atoms with Crippen LogP contribution in [0.25, 0.3) is 0 Å². The Kier molecular flexibility index (Phi) is 6.66. The zero-order valence-corrected chi connectivity index (χ0v) is 18.5. The molecule has 0 bridgehead atoms. The first-order valence-electron chi connectivity index (χ1n) is 9.91. The van der Waals surface area contributed by atoms with Gasteiger partial charge in [0.2, 0.25) is 11.0 Å². The van der Waals surface area contributed by atoms with Crippen LogP contribution < -0.4 is 5.32 Å². The van der Waals surface area contributed by atoms with Crippen molar-refractivity contribution in [1.29, 1.82) is 0 Å². The fourth-order valence-corrected chi connectivity index (χ4v) is 5.93. The van der Waals surface area contributed by atoms with Crippen molar-refractivity contribution in [3.63, 3.8) is 0 Å². The Morgan fingerprint density at radius 2 is 1.72 bits per heavy atom. The van der Waals surface area contributed by atoms with Gasteiger partial charge in [0, 0.05) is 17.1 Å². The first kappa shape index (κ1) is 22.2. The van der Waals surface area contributed by atoms with Crippen LogP contribution >= 0.6 is 23.5 Å². The van der Waals surface area contributed by atoms with Crippen LogP contribution in [0.5, 0.6) is 0 Å². The molecule has 164 valence electrons. The zero-order chi connectivity index (χ0) is 22.7. The molecule has 2 aromatic rings. The highest BCUT2D eigenvalue weighted by Gasteiger charge is 2.54. The van der Waals surface area contributed by atoms with Gasteiger partial charge in [-0.25, -0.2) is 4.79 Å². The van der Waals surface area contributed by atoms with E-state index in [0.29, 0.717) is 16.9 Å². The molecule has 2 atom stereocenters. The van der Waals surface area contributed by atoms with E-state index in [1.54, 1.807) is 24.3 Å². The molecule has 1 saturated heterocycles. The molecule has 2 aromatic carbocycles. The first-order chi connectivity index (χ1) is 15.5. The number of benzene rings is 2. The van der Waals surface area contributed by atoms with Gasteiger partial charge in [-0.05, 0) is 11.1 Å². The van der Waals surface area contributed by atoms with Gasteiger partial charge in [-0.15, -0.1) is 11.8 Å². The van der Waals surface area contributed by atoms with Gasteiger partial charge in [-0.2, -0.15) is 0 Å². The predicted octanol–water partition coefficient (Wildman–Crippen LogP) is 2.54. The monoisotopic (exact) mass is 468 g/mol. The quantitative estimate of drug-likeness (QED) is 0.602. The summed E-state index contributed by atoms with van der Waals surface area (Å²) in [6, 6.07) is 17.2. The molecule has 7 nitrogen and oxygen atoms in total. The number of hydrogen-bond acceptors (Lipinski definition) is 6. The van der Waals surface area contributed by atoms with Crippen molar-refractivity contribution in [2.45, 2.75) is 17.8 Å². The van der Waals surface area contributed by atoms with Crippen LogP contribution in [0.15, 0.2) is 71.9 Å². The van der Waals surface area contributed by atoms with Gasteiger partial charge in [-0.1, -0.05) is 72.4 Å². The lowest BCUT2D eigenvalue weighted by molar-refractivity contribution is -0.150. The van der Waals surface area contributed by atoms with Crippen molar-refractivity contribution in [3.8, 4) is 0 Å². The average molecular weight is 469 g/mol. The number of nitrogens with zero attached hydrogens (tertiary/aromatic N) is 1. The number of rotatable bonds is 7. The standard InChI is InChI=1S/C23H20N2O5S2/c26-17(11-14-7-3-1-4-8-14)24-18-20(27)25-19(22(28)29)16(12-31-21(18)25)13-32-23(30)15-9-5-2-6-10-15/h1-10,18,21H,11-13H2,(H,24,26)(H,28,29). The van der Waals surface area contributed by atoms with Gasteiger partial charge < -0.3 is 10.4 Å². The van der Waals surface area contributed by atoms with Gasteiger partial charge in [0.25, 0.3) is 5.91 Å². The smallest absolute Gasteiger partial charge is 0.352 e. The number of hydrogen-bond donors (Lipinski definition) is 2. The van der Waals surface area contributed by atoms with Crippen molar-refractivity contribution >= 4 is 46.4 Å². The molecule has 2 aliphatic heterocycles. The maximum atomic E-state index is 12.7. The van der Waals surface area contributed by atoms with Crippen LogP contribution in [0.3, 0.4) is 0 Å². The summed E-state index contributed by atoms with van der Waals surface area (Å²) in [6.45, 7) is 0. The minimum absolute atomic E-state index is 0.0827. The number of fused-ring (bicyclic) bond motifs is 1. The van der Waals surface area contributed by atoms with Gasteiger partial charge >= 0.3 is 5.97 Å². The molecule has 9 heteroatoms. The van der Waals surface area contributed by atoms with Crippen LogP contribution in [0.1, 0.15) is 15.9 Å². The van der Waals surface area contributed by atoms with Crippen molar-refractivity contribution in [3.05, 3.63) is 83.1 Å². The molecule has 0 spiro atoms. The third kappa shape index (κ3) is 4.58. The lowest BCUT2D eigenvalue weighted by atomic mass is 10.0. The lowest BCUT2D eigenvalue weighted by Crippen LogP contribution is -2.70. The van der Waals surface area contributed by atoms with E-state index in [2.05, 4.69) is 5.32 Å². The van der Waals surface area contributed by atoms with Gasteiger partial charge in [-0.3, -0.25) is 19.3 Å². The van der Waals surface area contributed by atoms with Crippen molar-refractivity contribution in [2.75, 3.05) is 11.5 Å². The number of carboxylic acid groups (broad SMARTS) is 1. The Balaban J connectivity index is 1.42. The second-order valence-corrected chi connectivity index (χ2v) is 9.37. The summed E-state index contributed by atoms with van der Waals surface area (Å²) in [4.78, 5) is 50.6. The SMILES string of the molecule is O=C(Cc1ccccc1)NC1C(=O)N2C(C(=O)O)=C(CSC(=O)c3ccccc3)CSC12. The summed E-state index contributed by atoms with van der Waals surface area (Å²) in [5.41, 5.74) is 1.81. The van der Waals surface area contributed by atoms with Crippen molar-refractivity contribution < 1.29 is 24.3 Å². The van der Waals surface area contributed by atoms with Gasteiger partial charge in [0.05, 0.1) is 6.42 Å². The summed E-state index contributed by atoms with van der Waals surface area (Å²) >= 11 is 2.41. The minimum atomic E-state index is -1.21. The largest absolute Gasteiger partial charge is 0.477 e. The molecule has 2 heterocycles. The van der Waals surface area contributed by atoms with Crippen LogP contribution in [0, 0.1) is 0 Å². The zero-order valence-electron chi connectivity index (χ0n) is 16.9. The highest BCUT2D eigenvalue weighted by molar-refractivity contribution is 8.14. The number of carbonyl (C=O) groups is 4. The van der Waals surface area contributed by atoms with Gasteiger partial charge in [0.1, 0.15) is 17.1 Å². The topological polar surface area (TPSA) is 104 Å². The number of carboxylic acids is 1. The molecule has 2 aliphatic rings. The van der Waals surface area contributed by atoms with E-state index in [4.69, 9.17) is 0 Å². The molecule has 2 unspecified atom stereocenters. The molecule has 0 aromatic heterocycles. The summed E-state index contributed by atoms with van der Waals surface area (Å²) in [5, 5.41) is 11.9. The number of amides is 2. The van der Waals surface area contributed by atoms with E-state index in [1.165, 1.54) is 16.7 Å². The van der Waals surface area contributed by atoms with Crippen molar-refractivity contribution in [2.24, 2.45) is 0 Å². The molecular weight excluding hydrogens is 448 g/mol. The molecular formula is C23H20N2O5S2. The van der Waals surface area contributed by atoms with Gasteiger partial charge in [0.15, 0.2) is 0 Å². The van der Waals surface area contributed by atoms with E-state index in [0.717, 1.165) is 17.3 Å². The number of thioether (sulfide) groups is 2. The summed E-state index contributed by atoms with van der Waals surface area (Å²) in [6.07, 6.45) is 0.146. The maximum Gasteiger partial charge on any atom is 0.352 e. The lowest BCUT2D eigenvalue weighted by Gasteiger charge is -2.49. The average Bonchev–Trinajstić information content (AvgIpc) is 2.81. The Bertz CT molecular complexity index is 1090. The second-order valence-electron chi connectivity index (χ2n) is 7.32. The molecule has 0 aliphatic carbocycles. The van der Waals surface area contributed by atoms with Crippen LogP contribution in [0.4, 0.5) is 0 Å². The van der Waals surface area contributed by atoms with E-state index < -0.39 is 23.3 Å². The van der Waals surface area contributed by atoms with E-state index in [9.17, 15) is 24.3 Å². The Hall–Kier alpha value is -3.04. The van der Waals surface area contributed by atoms with E-state index in [1.807, 2.05) is 36.4 Å². The Labute approximate surface area is 193 Å². The van der Waals surface area contributed by atoms with Crippen LogP contribution in [-0.2, 0) is 20.8 Å². The third-order valence-corrected chi connectivity index (χ3v) is 7.49. The van der Waals surface area contributed by atoms with Crippen molar-refractivity contribution in [1.82, 2.24) is 10.2 Å². The molecule has 0 radical (unpaired) electrons. The minimum Gasteiger partial charge on any atom is -0.477 e. The maximum absolute atomic E-state index is 12.7. The third-order valence-electron chi connectivity index (χ3n) is 5.16. The molecule has 1 fully saturated rings. The van der Waals surface area contributed by atoms with Crippen LogP contribution in [-0.4, -0.2) is 55.8 Å². The molecule has 2 amide bonds. The Morgan fingerprint density at radius 3 is 2.38 bits per heavy atom. The molecule has 0 saturated carbocycles. The normalized spacial score (nSPS) is 19.8. The first-order valence-corrected chi connectivity index (χ1v) is 11.9. The highest BCUT2D eigenvalue weighted by Crippen LogP contribution is 2.41.